The molecule has 41 heavy (non-hydrogen) atoms. The summed E-state index contributed by atoms with van der Waals surface area (Å²) in [6.45, 7) is 4.34. The number of benzene rings is 6. The monoisotopic (exact) mass is 524 g/mol. The lowest BCUT2D eigenvalue weighted by atomic mass is 9.97. The molecule has 0 fully saturated rings. The normalized spacial score (nSPS) is 11.1. The number of nitrogens with zero attached hydrogens (tertiary/aromatic N) is 2. The van der Waals surface area contributed by atoms with Crippen LogP contribution in [0.2, 0.25) is 0 Å². The standard InChI is InChI=1S/C39H28N2/c1-26-10-6-8-14-32(26)30-17-20-38-35(23-30)36-24-31(33-15-9-7-11-27(33)2)18-21-39(36)41(38)37-19-16-28(25-40)22-34(37)29-12-4-3-5-13-29/h3-24H,1-2H3. The molecule has 1 heterocycles. The fraction of sp³-hybridized carbons (Fsp3) is 0.0513. The molecule has 7 rings (SSSR count). The van der Waals surface area contributed by atoms with E-state index in [9.17, 15) is 5.26 Å². The molecule has 0 bridgehead atoms. The Morgan fingerprint density at radius 2 is 1.02 bits per heavy atom. The molecule has 0 aliphatic rings. The van der Waals surface area contributed by atoms with Crippen molar-refractivity contribution in [3.63, 3.8) is 0 Å². The summed E-state index contributed by atoms with van der Waals surface area (Å²) in [6.07, 6.45) is 0. The van der Waals surface area contributed by atoms with Gasteiger partial charge in [0.05, 0.1) is 28.4 Å². The first-order chi connectivity index (χ1) is 20.1. The molecule has 0 saturated heterocycles. The fourth-order valence-corrected chi connectivity index (χ4v) is 6.06. The smallest absolute Gasteiger partial charge is 0.0991 e. The molecule has 0 atom stereocenters. The third-order valence-electron chi connectivity index (χ3n) is 8.13. The molecule has 0 saturated carbocycles. The van der Waals surface area contributed by atoms with Gasteiger partial charge in [-0.05, 0) is 95.3 Å². The zero-order chi connectivity index (χ0) is 27.9. The minimum absolute atomic E-state index is 0.650. The van der Waals surface area contributed by atoms with Crippen molar-refractivity contribution in [1.29, 1.82) is 5.26 Å². The number of rotatable bonds is 4. The molecule has 6 aromatic carbocycles. The molecular formula is C39H28N2. The predicted octanol–water partition coefficient (Wildman–Crippen LogP) is 10.3. The first-order valence-electron chi connectivity index (χ1n) is 13.9. The third kappa shape index (κ3) is 4.20. The molecule has 1 aromatic heterocycles. The third-order valence-corrected chi connectivity index (χ3v) is 8.13. The number of hydrogen-bond acceptors (Lipinski definition) is 1. The average Bonchev–Trinajstić information content (AvgIpc) is 3.34. The molecular weight excluding hydrogens is 496 g/mol. The Morgan fingerprint density at radius 1 is 0.488 bits per heavy atom. The van der Waals surface area contributed by atoms with Crippen molar-refractivity contribution in [3.8, 4) is 45.1 Å². The average molecular weight is 525 g/mol. The first kappa shape index (κ1) is 24.6. The molecule has 0 aliphatic heterocycles. The quantitative estimate of drug-likeness (QED) is 0.225. The van der Waals surface area contributed by atoms with Gasteiger partial charge in [0.25, 0.3) is 0 Å². The molecule has 2 nitrogen and oxygen atoms in total. The maximum Gasteiger partial charge on any atom is 0.0991 e. The lowest BCUT2D eigenvalue weighted by molar-refractivity contribution is 1.18. The lowest BCUT2D eigenvalue weighted by Gasteiger charge is -2.15. The molecule has 194 valence electrons. The van der Waals surface area contributed by atoms with Crippen LogP contribution in [0, 0.1) is 25.2 Å². The number of hydrogen-bond donors (Lipinski definition) is 0. The summed E-state index contributed by atoms with van der Waals surface area (Å²) in [6, 6.07) is 49.5. The summed E-state index contributed by atoms with van der Waals surface area (Å²) in [5.41, 5.74) is 13.5. The molecule has 7 aromatic rings. The van der Waals surface area contributed by atoms with E-state index in [4.69, 9.17) is 0 Å². The van der Waals surface area contributed by atoms with Gasteiger partial charge in [-0.3, -0.25) is 0 Å². The maximum absolute atomic E-state index is 9.74. The van der Waals surface area contributed by atoms with Gasteiger partial charge in [0, 0.05) is 16.3 Å². The highest BCUT2D eigenvalue weighted by atomic mass is 15.0. The Morgan fingerprint density at radius 3 is 1.56 bits per heavy atom. The predicted molar refractivity (Wildman–Crippen MR) is 171 cm³/mol. The zero-order valence-electron chi connectivity index (χ0n) is 23.1. The number of aromatic nitrogens is 1. The first-order valence-corrected chi connectivity index (χ1v) is 13.9. The van der Waals surface area contributed by atoms with Crippen LogP contribution in [-0.4, -0.2) is 4.57 Å². The van der Waals surface area contributed by atoms with Gasteiger partial charge in [-0.25, -0.2) is 0 Å². The van der Waals surface area contributed by atoms with Crippen LogP contribution < -0.4 is 0 Å². The second kappa shape index (κ2) is 9.97. The molecule has 0 aliphatic carbocycles. The molecule has 2 heteroatoms. The minimum atomic E-state index is 0.650. The van der Waals surface area contributed by atoms with Crippen molar-refractivity contribution in [2.45, 2.75) is 13.8 Å². The van der Waals surface area contributed by atoms with E-state index in [0.717, 1.165) is 27.8 Å². The van der Waals surface area contributed by atoms with Crippen LogP contribution >= 0.6 is 0 Å². The van der Waals surface area contributed by atoms with Crippen LogP contribution in [0.1, 0.15) is 16.7 Å². The van der Waals surface area contributed by atoms with E-state index in [-0.39, 0.29) is 0 Å². The minimum Gasteiger partial charge on any atom is -0.309 e. The second-order valence-electron chi connectivity index (χ2n) is 10.6. The van der Waals surface area contributed by atoms with Gasteiger partial charge in [0.1, 0.15) is 0 Å². The van der Waals surface area contributed by atoms with Crippen LogP contribution in [0.4, 0.5) is 0 Å². The summed E-state index contributed by atoms with van der Waals surface area (Å²) in [5, 5.41) is 12.2. The Bertz CT molecular complexity index is 2020. The van der Waals surface area contributed by atoms with E-state index >= 15 is 0 Å². The summed E-state index contributed by atoms with van der Waals surface area (Å²) >= 11 is 0. The van der Waals surface area contributed by atoms with E-state index in [2.05, 4.69) is 128 Å². The van der Waals surface area contributed by atoms with E-state index in [1.54, 1.807) is 0 Å². The van der Waals surface area contributed by atoms with E-state index in [0.29, 0.717) is 5.56 Å². The van der Waals surface area contributed by atoms with E-state index in [1.165, 1.54) is 44.2 Å². The van der Waals surface area contributed by atoms with Crippen molar-refractivity contribution in [1.82, 2.24) is 4.57 Å². The van der Waals surface area contributed by atoms with Crippen LogP contribution in [0.25, 0.3) is 60.9 Å². The van der Waals surface area contributed by atoms with Crippen molar-refractivity contribution < 1.29 is 0 Å². The zero-order valence-corrected chi connectivity index (χ0v) is 23.1. The largest absolute Gasteiger partial charge is 0.309 e. The number of fused-ring (bicyclic) bond motifs is 3. The van der Waals surface area contributed by atoms with Crippen LogP contribution in [-0.2, 0) is 0 Å². The van der Waals surface area contributed by atoms with E-state index in [1.807, 2.05) is 30.3 Å². The van der Waals surface area contributed by atoms with E-state index < -0.39 is 0 Å². The highest BCUT2D eigenvalue weighted by Crippen LogP contribution is 2.40. The van der Waals surface area contributed by atoms with Crippen LogP contribution in [0.3, 0.4) is 0 Å². The molecule has 0 amide bonds. The molecule has 0 N–H and O–H groups in total. The molecule has 0 radical (unpaired) electrons. The highest BCUT2D eigenvalue weighted by molar-refractivity contribution is 6.12. The Hall–Kier alpha value is -5.39. The summed E-state index contributed by atoms with van der Waals surface area (Å²) in [5.74, 6) is 0. The summed E-state index contributed by atoms with van der Waals surface area (Å²) < 4.78 is 2.36. The van der Waals surface area contributed by atoms with Gasteiger partial charge >= 0.3 is 0 Å². The van der Waals surface area contributed by atoms with Crippen molar-refractivity contribution >= 4 is 21.8 Å². The SMILES string of the molecule is Cc1ccccc1-c1ccc2c(c1)c1cc(-c3ccccc3C)ccc1n2-c1ccc(C#N)cc1-c1ccccc1. The maximum atomic E-state index is 9.74. The molecule has 0 unspecified atom stereocenters. The van der Waals surface area contributed by atoms with Crippen molar-refractivity contribution in [2.75, 3.05) is 0 Å². The van der Waals surface area contributed by atoms with Gasteiger partial charge < -0.3 is 4.57 Å². The van der Waals surface area contributed by atoms with Crippen molar-refractivity contribution in [2.24, 2.45) is 0 Å². The lowest BCUT2D eigenvalue weighted by Crippen LogP contribution is -1.98. The Kier molecular flexibility index (Phi) is 5.99. The summed E-state index contributed by atoms with van der Waals surface area (Å²) in [4.78, 5) is 0. The Labute approximate surface area is 240 Å². The second-order valence-corrected chi connectivity index (χ2v) is 10.6. The number of aryl methyl sites for hydroxylation is 2. The highest BCUT2D eigenvalue weighted by Gasteiger charge is 2.18. The number of nitriles is 1. The van der Waals surface area contributed by atoms with Gasteiger partial charge in [-0.15, -0.1) is 0 Å². The van der Waals surface area contributed by atoms with Crippen molar-refractivity contribution in [3.05, 3.63) is 150 Å². The fourth-order valence-electron chi connectivity index (χ4n) is 6.06. The topological polar surface area (TPSA) is 28.7 Å². The van der Waals surface area contributed by atoms with Gasteiger partial charge in [0.2, 0.25) is 0 Å². The van der Waals surface area contributed by atoms with Crippen LogP contribution in [0.5, 0.6) is 0 Å². The summed E-state index contributed by atoms with van der Waals surface area (Å²) in [7, 11) is 0. The van der Waals surface area contributed by atoms with Gasteiger partial charge in [-0.1, -0.05) is 91.0 Å². The Balaban J connectivity index is 1.57. The van der Waals surface area contributed by atoms with Gasteiger partial charge in [-0.2, -0.15) is 5.26 Å². The van der Waals surface area contributed by atoms with Crippen LogP contribution in [0.15, 0.2) is 133 Å². The van der Waals surface area contributed by atoms with Gasteiger partial charge in [0.15, 0.2) is 0 Å². The molecule has 0 spiro atoms.